The average molecular weight is 213 g/mol. The van der Waals surface area contributed by atoms with E-state index in [0.717, 1.165) is 19.3 Å². The minimum atomic E-state index is -0.388. The molecule has 1 fully saturated rings. The van der Waals surface area contributed by atoms with Crippen LogP contribution in [0.15, 0.2) is 12.2 Å². The lowest BCUT2D eigenvalue weighted by Crippen LogP contribution is -2.37. The molecule has 15 heavy (non-hydrogen) atoms. The summed E-state index contributed by atoms with van der Waals surface area (Å²) in [6.07, 6.45) is 2.76. The van der Waals surface area contributed by atoms with Gasteiger partial charge in [-0.25, -0.2) is 4.79 Å². The van der Waals surface area contributed by atoms with E-state index in [-0.39, 0.29) is 12.2 Å². The van der Waals surface area contributed by atoms with Crippen molar-refractivity contribution in [3.63, 3.8) is 0 Å². The molecule has 1 aliphatic carbocycles. The molecule has 0 aromatic heterocycles. The van der Waals surface area contributed by atoms with Gasteiger partial charge < -0.3 is 14.8 Å². The molecule has 0 aromatic rings. The van der Waals surface area contributed by atoms with Crippen molar-refractivity contribution < 1.29 is 14.3 Å². The lowest BCUT2D eigenvalue weighted by molar-refractivity contribution is 0.0350. The SMILES string of the molecule is C=C1CCC(OC)C(CNC(=O)OC)C1. The second kappa shape index (κ2) is 5.75. The van der Waals surface area contributed by atoms with Gasteiger partial charge in [-0.15, -0.1) is 0 Å². The Labute approximate surface area is 90.6 Å². The van der Waals surface area contributed by atoms with Crippen LogP contribution in [-0.4, -0.2) is 33.0 Å². The van der Waals surface area contributed by atoms with Crippen LogP contribution in [-0.2, 0) is 9.47 Å². The summed E-state index contributed by atoms with van der Waals surface area (Å²) in [5.41, 5.74) is 1.24. The van der Waals surface area contributed by atoms with Gasteiger partial charge in [-0.1, -0.05) is 12.2 Å². The zero-order chi connectivity index (χ0) is 11.3. The van der Waals surface area contributed by atoms with Gasteiger partial charge in [0.25, 0.3) is 0 Å². The van der Waals surface area contributed by atoms with Gasteiger partial charge in [-0.05, 0) is 19.3 Å². The molecule has 1 N–H and O–H groups in total. The Bertz CT molecular complexity index is 240. The maximum absolute atomic E-state index is 10.9. The minimum absolute atomic E-state index is 0.215. The van der Waals surface area contributed by atoms with E-state index >= 15 is 0 Å². The summed E-state index contributed by atoms with van der Waals surface area (Å²) in [6, 6.07) is 0. The summed E-state index contributed by atoms with van der Waals surface area (Å²) in [7, 11) is 3.08. The maximum Gasteiger partial charge on any atom is 0.406 e. The monoisotopic (exact) mass is 213 g/mol. The molecule has 0 aromatic carbocycles. The van der Waals surface area contributed by atoms with E-state index in [0.29, 0.717) is 12.5 Å². The van der Waals surface area contributed by atoms with Crippen LogP contribution in [0.1, 0.15) is 19.3 Å². The van der Waals surface area contributed by atoms with Crippen molar-refractivity contribution in [1.29, 1.82) is 0 Å². The van der Waals surface area contributed by atoms with Crippen LogP contribution in [0.2, 0.25) is 0 Å². The normalized spacial score (nSPS) is 26.1. The topological polar surface area (TPSA) is 47.6 Å². The number of hydrogen-bond donors (Lipinski definition) is 1. The van der Waals surface area contributed by atoms with Gasteiger partial charge in [0.05, 0.1) is 13.2 Å². The van der Waals surface area contributed by atoms with Crippen molar-refractivity contribution in [1.82, 2.24) is 5.32 Å². The predicted molar refractivity (Wildman–Crippen MR) is 57.7 cm³/mol. The van der Waals surface area contributed by atoms with E-state index in [9.17, 15) is 4.79 Å². The molecule has 2 atom stereocenters. The number of hydrogen-bond acceptors (Lipinski definition) is 3. The molecule has 0 spiro atoms. The highest BCUT2D eigenvalue weighted by atomic mass is 16.5. The van der Waals surface area contributed by atoms with Crippen molar-refractivity contribution in [3.8, 4) is 0 Å². The lowest BCUT2D eigenvalue weighted by Gasteiger charge is -2.31. The molecule has 4 nitrogen and oxygen atoms in total. The molecule has 1 amide bonds. The van der Waals surface area contributed by atoms with Gasteiger partial charge in [-0.3, -0.25) is 0 Å². The Morgan fingerprint density at radius 3 is 2.93 bits per heavy atom. The standard InChI is InChI=1S/C11H19NO3/c1-8-4-5-10(14-2)9(6-8)7-12-11(13)15-3/h9-10H,1,4-7H2,2-3H3,(H,12,13). The first-order valence-corrected chi connectivity index (χ1v) is 5.18. The zero-order valence-electron chi connectivity index (χ0n) is 9.41. The molecule has 86 valence electrons. The highest BCUT2D eigenvalue weighted by Crippen LogP contribution is 2.29. The molecule has 1 saturated carbocycles. The number of rotatable bonds is 3. The van der Waals surface area contributed by atoms with Crippen LogP contribution in [0.4, 0.5) is 4.79 Å². The van der Waals surface area contributed by atoms with Crippen LogP contribution < -0.4 is 5.32 Å². The smallest absolute Gasteiger partial charge is 0.406 e. The fourth-order valence-corrected chi connectivity index (χ4v) is 1.99. The van der Waals surface area contributed by atoms with Gasteiger partial charge in [0.2, 0.25) is 0 Å². The Balaban J connectivity index is 2.41. The molecule has 0 radical (unpaired) electrons. The summed E-state index contributed by atoms with van der Waals surface area (Å²) in [4.78, 5) is 10.9. The summed E-state index contributed by atoms with van der Waals surface area (Å²) in [5.74, 6) is 0.315. The van der Waals surface area contributed by atoms with Crippen molar-refractivity contribution >= 4 is 6.09 Å². The van der Waals surface area contributed by atoms with Crippen molar-refractivity contribution in [2.24, 2.45) is 5.92 Å². The van der Waals surface area contributed by atoms with E-state index in [1.807, 2.05) is 0 Å². The second-order valence-corrected chi connectivity index (χ2v) is 3.90. The maximum atomic E-state index is 10.9. The van der Waals surface area contributed by atoms with Gasteiger partial charge >= 0.3 is 6.09 Å². The van der Waals surface area contributed by atoms with E-state index in [4.69, 9.17) is 4.74 Å². The summed E-state index contributed by atoms with van der Waals surface area (Å²) in [5, 5.41) is 2.70. The Hall–Kier alpha value is -1.03. The fourth-order valence-electron chi connectivity index (χ4n) is 1.99. The highest BCUT2D eigenvalue weighted by Gasteiger charge is 2.26. The number of nitrogens with one attached hydrogen (secondary N) is 1. The molecule has 2 unspecified atom stereocenters. The number of ether oxygens (including phenoxy) is 2. The fraction of sp³-hybridized carbons (Fsp3) is 0.727. The molecule has 0 aliphatic heterocycles. The third-order valence-electron chi connectivity index (χ3n) is 2.86. The molecular weight excluding hydrogens is 194 g/mol. The molecule has 0 saturated heterocycles. The van der Waals surface area contributed by atoms with Gasteiger partial charge in [0, 0.05) is 19.6 Å². The third kappa shape index (κ3) is 3.55. The average Bonchev–Trinajstić information content (AvgIpc) is 2.26. The van der Waals surface area contributed by atoms with Gasteiger partial charge in [-0.2, -0.15) is 0 Å². The summed E-state index contributed by atoms with van der Waals surface area (Å²) >= 11 is 0. The molecule has 1 aliphatic rings. The third-order valence-corrected chi connectivity index (χ3v) is 2.86. The number of carbonyl (C=O) groups is 1. The summed E-state index contributed by atoms with van der Waals surface area (Å²) < 4.78 is 9.91. The predicted octanol–water partition coefficient (Wildman–Crippen LogP) is 1.71. The number of carbonyl (C=O) groups excluding carboxylic acids is 1. The summed E-state index contributed by atoms with van der Waals surface area (Å²) in [6.45, 7) is 4.57. The number of methoxy groups -OCH3 is 2. The van der Waals surface area contributed by atoms with Crippen LogP contribution in [0, 0.1) is 5.92 Å². The number of allylic oxidation sites excluding steroid dienone is 1. The molecule has 1 rings (SSSR count). The van der Waals surface area contributed by atoms with Crippen LogP contribution >= 0.6 is 0 Å². The Morgan fingerprint density at radius 2 is 2.33 bits per heavy atom. The van der Waals surface area contributed by atoms with Gasteiger partial charge in [0.1, 0.15) is 0 Å². The highest BCUT2D eigenvalue weighted by molar-refractivity contribution is 5.66. The largest absolute Gasteiger partial charge is 0.453 e. The Kier molecular flexibility index (Phi) is 4.62. The number of amides is 1. The van der Waals surface area contributed by atoms with Crippen LogP contribution in [0.25, 0.3) is 0 Å². The number of alkyl carbamates (subject to hydrolysis) is 1. The van der Waals surface area contributed by atoms with E-state index in [1.54, 1.807) is 7.11 Å². The Morgan fingerprint density at radius 1 is 1.60 bits per heavy atom. The van der Waals surface area contributed by atoms with Crippen LogP contribution in [0.3, 0.4) is 0 Å². The molecule has 4 heteroatoms. The van der Waals surface area contributed by atoms with Crippen LogP contribution in [0.5, 0.6) is 0 Å². The lowest BCUT2D eigenvalue weighted by atomic mass is 9.83. The van der Waals surface area contributed by atoms with Crippen molar-refractivity contribution in [3.05, 3.63) is 12.2 Å². The van der Waals surface area contributed by atoms with E-state index in [1.165, 1.54) is 12.7 Å². The van der Waals surface area contributed by atoms with Crippen molar-refractivity contribution in [2.75, 3.05) is 20.8 Å². The quantitative estimate of drug-likeness (QED) is 0.726. The molecule has 0 heterocycles. The second-order valence-electron chi connectivity index (χ2n) is 3.90. The molecular formula is C11H19NO3. The molecule has 0 bridgehead atoms. The van der Waals surface area contributed by atoms with E-state index < -0.39 is 0 Å². The van der Waals surface area contributed by atoms with Crippen molar-refractivity contribution in [2.45, 2.75) is 25.4 Å². The minimum Gasteiger partial charge on any atom is -0.453 e. The van der Waals surface area contributed by atoms with Gasteiger partial charge in [0.15, 0.2) is 0 Å². The first-order chi connectivity index (χ1) is 7.17. The first-order valence-electron chi connectivity index (χ1n) is 5.18. The van der Waals surface area contributed by atoms with E-state index in [2.05, 4.69) is 16.6 Å². The zero-order valence-corrected chi connectivity index (χ0v) is 9.41. The first kappa shape index (κ1) is 12.0.